The van der Waals surface area contributed by atoms with E-state index >= 15 is 0 Å². The van der Waals surface area contributed by atoms with Gasteiger partial charge in [0.25, 0.3) is 11.3 Å². The van der Waals surface area contributed by atoms with Gasteiger partial charge in [0.15, 0.2) is 0 Å². The molecular weight excluding hydrogens is 190 g/mol. The molecule has 0 saturated carbocycles. The first-order chi connectivity index (χ1) is 6.27. The highest BCUT2D eigenvalue weighted by molar-refractivity contribution is 7.76. The molecule has 13 heavy (non-hydrogen) atoms. The number of hydrogen-bond acceptors (Lipinski definition) is 2. The fourth-order valence-corrected chi connectivity index (χ4v) is 1.23. The highest BCUT2D eigenvalue weighted by Gasteiger charge is 1.92. The summed E-state index contributed by atoms with van der Waals surface area (Å²) in [5.41, 5.74) is 0. The van der Waals surface area contributed by atoms with Crippen molar-refractivity contribution < 1.29 is 13.6 Å². The predicted molar refractivity (Wildman–Crippen MR) is 53.2 cm³/mol. The Morgan fingerprint density at radius 3 is 2.46 bits per heavy atom. The molecule has 2 N–H and O–H groups in total. The summed E-state index contributed by atoms with van der Waals surface area (Å²) >= 11 is -2.05. The van der Waals surface area contributed by atoms with Crippen LogP contribution < -0.4 is 4.89 Å². The molecule has 0 heterocycles. The Kier molecular flexibility index (Phi) is 10.1. The van der Waals surface area contributed by atoms with Gasteiger partial charge in [-0.25, -0.2) is 4.21 Å². The molecule has 4 nitrogen and oxygen atoms in total. The van der Waals surface area contributed by atoms with Crippen LogP contribution in [0.2, 0.25) is 0 Å². The lowest BCUT2D eigenvalue weighted by atomic mass is 10.1. The van der Waals surface area contributed by atoms with Crippen LogP contribution in [-0.4, -0.2) is 15.4 Å². The standard InChI is InChI=1S/C8H19NO3S/c1-2-3-4-5-6-7-8-12-9-13(10)11/h9H,2-8H2,1H3,(H,10,11). The molecule has 0 aromatic heterocycles. The third kappa shape index (κ3) is 12.0. The van der Waals surface area contributed by atoms with Crippen molar-refractivity contribution in [2.45, 2.75) is 45.4 Å². The van der Waals surface area contributed by atoms with Crippen molar-refractivity contribution in [1.29, 1.82) is 0 Å². The van der Waals surface area contributed by atoms with Gasteiger partial charge >= 0.3 is 0 Å². The first kappa shape index (κ1) is 13.0. The maximum absolute atomic E-state index is 10.0. The second-order valence-electron chi connectivity index (χ2n) is 2.95. The number of nitrogens with one attached hydrogen (secondary N) is 1. The van der Waals surface area contributed by atoms with E-state index < -0.39 is 11.3 Å². The van der Waals surface area contributed by atoms with E-state index in [1.807, 2.05) is 4.89 Å². The van der Waals surface area contributed by atoms with Crippen LogP contribution in [0.1, 0.15) is 45.4 Å². The van der Waals surface area contributed by atoms with E-state index in [9.17, 15) is 4.21 Å². The fraction of sp³-hybridized carbons (Fsp3) is 1.00. The quantitative estimate of drug-likeness (QED) is 0.347. The van der Waals surface area contributed by atoms with Gasteiger partial charge in [0.05, 0.1) is 6.61 Å². The summed E-state index contributed by atoms with van der Waals surface area (Å²) < 4.78 is 18.3. The SMILES string of the molecule is CCCCCCCCONS(=O)O. The van der Waals surface area contributed by atoms with Crippen molar-refractivity contribution in [2.75, 3.05) is 6.61 Å². The Bertz CT molecular complexity index is 133. The largest absolute Gasteiger partial charge is 0.292 e. The normalized spacial score (nSPS) is 13.1. The molecule has 1 atom stereocenters. The molecule has 5 heteroatoms. The minimum atomic E-state index is -2.05. The first-order valence-electron chi connectivity index (χ1n) is 4.75. The number of unbranched alkanes of at least 4 members (excludes halogenated alkanes) is 5. The molecule has 0 rings (SSSR count). The lowest BCUT2D eigenvalue weighted by Gasteiger charge is -2.01. The Morgan fingerprint density at radius 1 is 1.23 bits per heavy atom. The van der Waals surface area contributed by atoms with E-state index in [-0.39, 0.29) is 0 Å². The summed E-state index contributed by atoms with van der Waals surface area (Å²) in [7, 11) is 0. The lowest BCUT2D eigenvalue weighted by Crippen LogP contribution is -2.17. The Morgan fingerprint density at radius 2 is 1.85 bits per heavy atom. The van der Waals surface area contributed by atoms with E-state index in [2.05, 4.69) is 6.92 Å². The molecular formula is C8H19NO3S. The van der Waals surface area contributed by atoms with Gasteiger partial charge in [-0.1, -0.05) is 43.9 Å². The van der Waals surface area contributed by atoms with Crippen LogP contribution in [0.4, 0.5) is 0 Å². The van der Waals surface area contributed by atoms with Crippen molar-refractivity contribution in [3.63, 3.8) is 0 Å². The van der Waals surface area contributed by atoms with Crippen LogP contribution in [0, 0.1) is 0 Å². The third-order valence-corrected chi connectivity index (χ3v) is 1.99. The van der Waals surface area contributed by atoms with E-state index in [0.717, 1.165) is 12.8 Å². The van der Waals surface area contributed by atoms with Gasteiger partial charge in [-0.3, -0.25) is 9.39 Å². The summed E-state index contributed by atoms with van der Waals surface area (Å²) in [5, 5.41) is 0. The van der Waals surface area contributed by atoms with Gasteiger partial charge in [-0.2, -0.15) is 0 Å². The zero-order valence-corrected chi connectivity index (χ0v) is 8.94. The monoisotopic (exact) mass is 209 g/mol. The fourth-order valence-electron chi connectivity index (χ4n) is 1.05. The minimum Gasteiger partial charge on any atom is -0.292 e. The molecule has 80 valence electrons. The van der Waals surface area contributed by atoms with Gasteiger partial charge in [0.2, 0.25) is 0 Å². The van der Waals surface area contributed by atoms with Crippen LogP contribution >= 0.6 is 0 Å². The number of hydrogen-bond donors (Lipinski definition) is 2. The Balaban J connectivity index is 2.87. The second-order valence-corrected chi connectivity index (χ2v) is 3.61. The maximum atomic E-state index is 10.0. The molecule has 0 amide bonds. The van der Waals surface area contributed by atoms with E-state index in [0.29, 0.717) is 6.61 Å². The molecule has 0 aliphatic carbocycles. The van der Waals surface area contributed by atoms with Crippen LogP contribution in [0.25, 0.3) is 0 Å². The van der Waals surface area contributed by atoms with Gasteiger partial charge in [-0.05, 0) is 6.42 Å². The summed E-state index contributed by atoms with van der Waals surface area (Å²) in [4.78, 5) is 6.68. The molecule has 0 fully saturated rings. The van der Waals surface area contributed by atoms with Crippen LogP contribution in [-0.2, 0) is 16.1 Å². The van der Waals surface area contributed by atoms with E-state index in [1.165, 1.54) is 25.7 Å². The first-order valence-corrected chi connectivity index (χ1v) is 5.86. The molecule has 0 aliphatic rings. The van der Waals surface area contributed by atoms with Gasteiger partial charge in [0.1, 0.15) is 0 Å². The highest BCUT2D eigenvalue weighted by Crippen LogP contribution is 2.04. The highest BCUT2D eigenvalue weighted by atomic mass is 32.2. The summed E-state index contributed by atoms with van der Waals surface area (Å²) in [6, 6.07) is 0. The summed E-state index contributed by atoms with van der Waals surface area (Å²) in [6.45, 7) is 2.68. The van der Waals surface area contributed by atoms with Crippen molar-refractivity contribution in [2.24, 2.45) is 0 Å². The minimum absolute atomic E-state index is 0.498. The smallest absolute Gasteiger partial charge is 0.256 e. The molecule has 0 bridgehead atoms. The molecule has 0 radical (unpaired) electrons. The van der Waals surface area contributed by atoms with Crippen molar-refractivity contribution in [1.82, 2.24) is 4.89 Å². The van der Waals surface area contributed by atoms with Crippen LogP contribution in [0.5, 0.6) is 0 Å². The molecule has 0 saturated heterocycles. The van der Waals surface area contributed by atoms with Crippen molar-refractivity contribution >= 4 is 11.3 Å². The van der Waals surface area contributed by atoms with Crippen LogP contribution in [0.3, 0.4) is 0 Å². The van der Waals surface area contributed by atoms with E-state index in [4.69, 9.17) is 9.39 Å². The predicted octanol–water partition coefficient (Wildman–Crippen LogP) is 2.00. The molecule has 0 aromatic rings. The van der Waals surface area contributed by atoms with Crippen molar-refractivity contribution in [3.8, 4) is 0 Å². The maximum Gasteiger partial charge on any atom is 0.256 e. The topological polar surface area (TPSA) is 58.6 Å². The zero-order valence-electron chi connectivity index (χ0n) is 8.12. The molecule has 0 spiro atoms. The van der Waals surface area contributed by atoms with Gasteiger partial charge < -0.3 is 0 Å². The number of rotatable bonds is 9. The Hall–Kier alpha value is 0.0300. The summed E-state index contributed by atoms with van der Waals surface area (Å²) in [6.07, 6.45) is 7.10. The second kappa shape index (κ2) is 10.1. The zero-order chi connectivity index (χ0) is 9.94. The lowest BCUT2D eigenvalue weighted by molar-refractivity contribution is 0.0886. The average molecular weight is 209 g/mol. The third-order valence-electron chi connectivity index (χ3n) is 1.73. The Labute approximate surface area is 82.4 Å². The van der Waals surface area contributed by atoms with Gasteiger partial charge in [-0.15, -0.1) is 0 Å². The van der Waals surface area contributed by atoms with E-state index in [1.54, 1.807) is 0 Å². The average Bonchev–Trinajstić information content (AvgIpc) is 2.09. The summed E-state index contributed by atoms with van der Waals surface area (Å²) in [5.74, 6) is 0. The molecule has 0 aliphatic heterocycles. The molecule has 1 unspecified atom stereocenters. The molecule has 0 aromatic carbocycles. The van der Waals surface area contributed by atoms with Crippen molar-refractivity contribution in [3.05, 3.63) is 0 Å². The van der Waals surface area contributed by atoms with Gasteiger partial charge in [0, 0.05) is 0 Å². The van der Waals surface area contributed by atoms with Crippen LogP contribution in [0.15, 0.2) is 0 Å².